The van der Waals surface area contributed by atoms with E-state index in [0.29, 0.717) is 11.6 Å². The van der Waals surface area contributed by atoms with Gasteiger partial charge in [0.1, 0.15) is 0 Å². The number of aromatic nitrogens is 1. The summed E-state index contributed by atoms with van der Waals surface area (Å²) in [4.78, 5) is 18.8. The molecule has 6 heteroatoms. The van der Waals surface area contributed by atoms with Gasteiger partial charge < -0.3 is 19.7 Å². The number of carbonyl (C=O) groups is 1. The number of nitrogens with one attached hydrogen (secondary N) is 1. The summed E-state index contributed by atoms with van der Waals surface area (Å²) in [6.45, 7) is 1.63. The third-order valence-corrected chi connectivity index (χ3v) is 4.98. The van der Waals surface area contributed by atoms with Crippen molar-refractivity contribution in [3.8, 4) is 11.5 Å². The quantitative estimate of drug-likeness (QED) is 0.895. The zero-order chi connectivity index (χ0) is 18.1. The number of pyridine rings is 1. The Morgan fingerprint density at radius 3 is 2.54 bits per heavy atom. The molecule has 1 aromatic carbocycles. The van der Waals surface area contributed by atoms with E-state index in [1.807, 2.05) is 18.3 Å². The van der Waals surface area contributed by atoms with Gasteiger partial charge in [-0.3, -0.25) is 9.78 Å². The summed E-state index contributed by atoms with van der Waals surface area (Å²) in [6.07, 6.45) is 6.51. The van der Waals surface area contributed by atoms with Gasteiger partial charge in [-0.15, -0.1) is 0 Å². The Labute approximate surface area is 153 Å². The molecule has 1 N–H and O–H groups in total. The van der Waals surface area contributed by atoms with E-state index >= 15 is 0 Å². The van der Waals surface area contributed by atoms with Crippen LogP contribution in [-0.4, -0.2) is 37.7 Å². The van der Waals surface area contributed by atoms with Crippen molar-refractivity contribution in [1.82, 2.24) is 10.3 Å². The molecule has 136 valence electrons. The number of hydrogen-bond donors (Lipinski definition) is 1. The topological polar surface area (TPSA) is 63.7 Å². The smallest absolute Gasteiger partial charge is 0.253 e. The second-order valence-corrected chi connectivity index (χ2v) is 6.83. The Hall–Kier alpha value is -2.76. The van der Waals surface area contributed by atoms with Gasteiger partial charge in [-0.05, 0) is 48.6 Å². The van der Waals surface area contributed by atoms with Gasteiger partial charge in [-0.25, -0.2) is 0 Å². The lowest BCUT2D eigenvalue weighted by Crippen LogP contribution is -2.31. The lowest BCUT2D eigenvalue weighted by atomic mass is 9.98. The summed E-state index contributed by atoms with van der Waals surface area (Å²) in [7, 11) is 3.31. The highest BCUT2D eigenvalue weighted by Gasteiger charge is 2.25. The predicted octanol–water partition coefficient (Wildman–Crippen LogP) is 2.55. The summed E-state index contributed by atoms with van der Waals surface area (Å²) in [5.41, 5.74) is 4.07. The minimum absolute atomic E-state index is 0.0364. The van der Waals surface area contributed by atoms with Crippen LogP contribution in [0.15, 0.2) is 30.6 Å². The maximum absolute atomic E-state index is 12.3. The Morgan fingerprint density at radius 2 is 1.85 bits per heavy atom. The van der Waals surface area contributed by atoms with E-state index in [9.17, 15) is 4.79 Å². The standard InChI is InChI=1S/C20H23N3O3/c1-25-18-8-13-5-6-23(12-15(13)9-19(18)26-2)17-7-14(10-21-11-17)20(24)22-16-3-4-16/h7-11,16H,3-6,12H2,1-2H3,(H,22,24). The monoisotopic (exact) mass is 353 g/mol. The molecule has 4 rings (SSSR count). The number of nitrogens with zero attached hydrogens (tertiary/aromatic N) is 2. The third kappa shape index (κ3) is 3.31. The highest BCUT2D eigenvalue weighted by atomic mass is 16.5. The van der Waals surface area contributed by atoms with Crippen molar-refractivity contribution in [3.05, 3.63) is 47.3 Å². The van der Waals surface area contributed by atoms with Crippen molar-refractivity contribution in [2.24, 2.45) is 0 Å². The summed E-state index contributed by atoms with van der Waals surface area (Å²) >= 11 is 0. The summed E-state index contributed by atoms with van der Waals surface area (Å²) in [6, 6.07) is 6.37. The SMILES string of the molecule is COc1cc2c(cc1OC)CN(c1cncc(C(=O)NC3CC3)c1)CC2. The van der Waals surface area contributed by atoms with Gasteiger partial charge in [-0.2, -0.15) is 0 Å². The van der Waals surface area contributed by atoms with E-state index in [2.05, 4.69) is 21.3 Å². The van der Waals surface area contributed by atoms with Gasteiger partial charge in [0, 0.05) is 25.3 Å². The summed E-state index contributed by atoms with van der Waals surface area (Å²) in [5, 5.41) is 3.02. The van der Waals surface area contributed by atoms with Crippen LogP contribution in [0.3, 0.4) is 0 Å². The van der Waals surface area contributed by atoms with Gasteiger partial charge in [0.05, 0.1) is 31.7 Å². The number of methoxy groups -OCH3 is 2. The van der Waals surface area contributed by atoms with Crippen LogP contribution in [0.25, 0.3) is 0 Å². The van der Waals surface area contributed by atoms with Crippen LogP contribution in [-0.2, 0) is 13.0 Å². The van der Waals surface area contributed by atoms with Crippen molar-refractivity contribution < 1.29 is 14.3 Å². The largest absolute Gasteiger partial charge is 0.493 e. The van der Waals surface area contributed by atoms with Gasteiger partial charge in [0.15, 0.2) is 11.5 Å². The molecule has 1 aromatic heterocycles. The number of carbonyl (C=O) groups excluding carboxylic acids is 1. The van der Waals surface area contributed by atoms with E-state index in [-0.39, 0.29) is 5.91 Å². The molecule has 2 heterocycles. The van der Waals surface area contributed by atoms with Crippen LogP contribution in [0.4, 0.5) is 5.69 Å². The number of fused-ring (bicyclic) bond motifs is 1. The van der Waals surface area contributed by atoms with Crippen LogP contribution < -0.4 is 19.7 Å². The van der Waals surface area contributed by atoms with Gasteiger partial charge in [0.2, 0.25) is 0 Å². The molecule has 2 aliphatic rings. The number of rotatable bonds is 5. The molecule has 26 heavy (non-hydrogen) atoms. The van der Waals surface area contributed by atoms with Crippen LogP contribution in [0.5, 0.6) is 11.5 Å². The first-order valence-corrected chi connectivity index (χ1v) is 8.92. The first-order chi connectivity index (χ1) is 12.7. The van der Waals surface area contributed by atoms with Crippen LogP contribution in [0, 0.1) is 0 Å². The molecule has 2 aromatic rings. The molecule has 1 aliphatic carbocycles. The molecule has 1 fully saturated rings. The Kier molecular flexibility index (Phi) is 4.41. The minimum Gasteiger partial charge on any atom is -0.493 e. The fourth-order valence-electron chi connectivity index (χ4n) is 3.32. The highest BCUT2D eigenvalue weighted by molar-refractivity contribution is 5.95. The van der Waals surface area contributed by atoms with Crippen molar-refractivity contribution in [2.45, 2.75) is 31.8 Å². The molecular weight excluding hydrogens is 330 g/mol. The first-order valence-electron chi connectivity index (χ1n) is 8.92. The molecule has 0 radical (unpaired) electrons. The third-order valence-electron chi connectivity index (χ3n) is 4.98. The first kappa shape index (κ1) is 16.7. The van der Waals surface area contributed by atoms with E-state index in [1.165, 1.54) is 11.1 Å². The molecule has 1 aliphatic heterocycles. The Morgan fingerprint density at radius 1 is 1.12 bits per heavy atom. The highest BCUT2D eigenvalue weighted by Crippen LogP contribution is 2.34. The number of ether oxygens (including phenoxy) is 2. The molecule has 6 nitrogen and oxygen atoms in total. The van der Waals surface area contributed by atoms with Crippen molar-refractivity contribution in [1.29, 1.82) is 0 Å². The Balaban J connectivity index is 1.55. The van der Waals surface area contributed by atoms with E-state index in [1.54, 1.807) is 20.4 Å². The maximum atomic E-state index is 12.3. The number of hydrogen-bond acceptors (Lipinski definition) is 5. The van der Waals surface area contributed by atoms with Crippen molar-refractivity contribution in [3.63, 3.8) is 0 Å². The van der Waals surface area contributed by atoms with E-state index in [0.717, 1.165) is 49.5 Å². The molecule has 0 spiro atoms. The summed E-state index contributed by atoms with van der Waals surface area (Å²) < 4.78 is 10.8. The molecule has 1 amide bonds. The molecule has 1 saturated carbocycles. The Bertz CT molecular complexity index is 833. The molecule has 0 atom stereocenters. The summed E-state index contributed by atoms with van der Waals surface area (Å²) in [5.74, 6) is 1.47. The number of anilines is 1. The van der Waals surface area contributed by atoms with Gasteiger partial charge in [0.25, 0.3) is 5.91 Å². The predicted molar refractivity (Wildman–Crippen MR) is 99.0 cm³/mol. The fourth-order valence-corrected chi connectivity index (χ4v) is 3.32. The van der Waals surface area contributed by atoms with Crippen LogP contribution in [0.1, 0.15) is 34.3 Å². The maximum Gasteiger partial charge on any atom is 0.253 e. The lowest BCUT2D eigenvalue weighted by molar-refractivity contribution is 0.0950. The number of benzene rings is 1. The van der Waals surface area contributed by atoms with Gasteiger partial charge >= 0.3 is 0 Å². The zero-order valence-corrected chi connectivity index (χ0v) is 15.1. The van der Waals surface area contributed by atoms with Crippen molar-refractivity contribution >= 4 is 11.6 Å². The minimum atomic E-state index is -0.0364. The second-order valence-electron chi connectivity index (χ2n) is 6.83. The fraction of sp³-hybridized carbons (Fsp3) is 0.400. The average molecular weight is 353 g/mol. The number of amides is 1. The molecule has 0 saturated heterocycles. The second kappa shape index (κ2) is 6.86. The van der Waals surface area contributed by atoms with E-state index < -0.39 is 0 Å². The van der Waals surface area contributed by atoms with E-state index in [4.69, 9.17) is 9.47 Å². The molecule has 0 bridgehead atoms. The average Bonchev–Trinajstić information content (AvgIpc) is 3.50. The van der Waals surface area contributed by atoms with Crippen molar-refractivity contribution in [2.75, 3.05) is 25.7 Å². The van der Waals surface area contributed by atoms with Crippen LogP contribution in [0.2, 0.25) is 0 Å². The lowest BCUT2D eigenvalue weighted by Gasteiger charge is -2.31. The van der Waals surface area contributed by atoms with Crippen LogP contribution >= 0.6 is 0 Å². The zero-order valence-electron chi connectivity index (χ0n) is 15.1. The normalized spacial score (nSPS) is 16.0. The molecule has 0 unspecified atom stereocenters. The van der Waals surface area contributed by atoms with Gasteiger partial charge in [-0.1, -0.05) is 0 Å². The molecular formula is C20H23N3O3.